The van der Waals surface area contributed by atoms with Crippen LogP contribution in [0.25, 0.3) is 0 Å². The monoisotopic (exact) mass is 402 g/mol. The molecule has 0 N–H and O–H groups in total. The van der Waals surface area contributed by atoms with Gasteiger partial charge in [0.1, 0.15) is 5.78 Å². The summed E-state index contributed by atoms with van der Waals surface area (Å²) in [6.45, 7) is 8.11. The van der Waals surface area contributed by atoms with Gasteiger partial charge in [-0.05, 0) is 27.9 Å². The maximum Gasteiger partial charge on any atom is 0.288 e. The first-order chi connectivity index (χ1) is 13.8. The van der Waals surface area contributed by atoms with E-state index in [-0.39, 0.29) is 17.3 Å². The van der Waals surface area contributed by atoms with Crippen molar-refractivity contribution < 1.29 is 9.22 Å². The molecule has 0 spiro atoms. The van der Waals surface area contributed by atoms with Crippen LogP contribution >= 0.6 is 0 Å². The third-order valence-corrected chi connectivity index (χ3v) is 9.38. The van der Waals surface area contributed by atoms with Crippen molar-refractivity contribution in [2.45, 2.75) is 40.2 Å². The second-order valence-corrected chi connectivity index (χ2v) is 12.0. The summed E-state index contributed by atoms with van der Waals surface area (Å²) < 4.78 is 7.19. The van der Waals surface area contributed by atoms with Gasteiger partial charge in [0.05, 0.1) is 6.10 Å². The Bertz CT molecular complexity index is 819. The number of hydrogen-bond donors (Lipinski definition) is 0. The van der Waals surface area contributed by atoms with Crippen LogP contribution in [0.4, 0.5) is 0 Å². The molecule has 3 aromatic carbocycles. The predicted molar refractivity (Wildman–Crippen MR) is 124 cm³/mol. The predicted octanol–water partition coefficient (Wildman–Crippen LogP) is 4.06. The summed E-state index contributed by atoms with van der Waals surface area (Å²) >= 11 is 0. The van der Waals surface area contributed by atoms with Gasteiger partial charge in [-0.25, -0.2) is 0 Å². The van der Waals surface area contributed by atoms with Crippen LogP contribution in [0, 0.1) is 5.41 Å². The lowest BCUT2D eigenvalue weighted by molar-refractivity contribution is -0.119. The Kier molecular flexibility index (Phi) is 6.51. The molecule has 0 radical (unpaired) electrons. The van der Waals surface area contributed by atoms with Crippen LogP contribution in [0.5, 0.6) is 0 Å². The standard InChI is InChI=1S/C26H30O2Si/c1-21(27)20-25(26(2,3)4)28-29(22-14-8-5-9-15-22,23-16-10-6-11-17-23)24-18-12-7-13-19-24/h5-19,25H,20H2,1-4H3/t25-/m1/s1. The number of hydrogen-bond acceptors (Lipinski definition) is 2. The fourth-order valence-electron chi connectivity index (χ4n) is 3.72. The van der Waals surface area contributed by atoms with E-state index < -0.39 is 8.32 Å². The minimum Gasteiger partial charge on any atom is -0.400 e. The first kappa shape index (κ1) is 21.2. The molecule has 0 unspecified atom stereocenters. The number of carbonyl (C=O) groups is 1. The Morgan fingerprint density at radius 2 is 1.10 bits per heavy atom. The highest BCUT2D eigenvalue weighted by Crippen LogP contribution is 2.28. The van der Waals surface area contributed by atoms with Crippen molar-refractivity contribution in [2.24, 2.45) is 5.41 Å². The van der Waals surface area contributed by atoms with Crippen molar-refractivity contribution in [3.05, 3.63) is 91.0 Å². The molecule has 3 aromatic rings. The van der Waals surface area contributed by atoms with Gasteiger partial charge in [-0.1, -0.05) is 112 Å². The summed E-state index contributed by atoms with van der Waals surface area (Å²) in [5, 5.41) is 3.57. The Hall–Kier alpha value is -2.49. The quantitative estimate of drug-likeness (QED) is 0.440. The van der Waals surface area contributed by atoms with Gasteiger partial charge >= 0.3 is 0 Å². The molecule has 0 heterocycles. The molecule has 3 rings (SSSR count). The fraction of sp³-hybridized carbons (Fsp3) is 0.269. The highest BCUT2D eigenvalue weighted by Gasteiger charge is 2.45. The highest BCUT2D eigenvalue weighted by atomic mass is 28.4. The third-order valence-electron chi connectivity index (χ3n) is 5.30. The van der Waals surface area contributed by atoms with E-state index in [9.17, 15) is 4.79 Å². The molecule has 0 saturated carbocycles. The molecule has 150 valence electrons. The molecule has 0 saturated heterocycles. The number of Topliss-reactive ketones (excluding diaryl/α,β-unsaturated/α-hetero) is 1. The van der Waals surface area contributed by atoms with E-state index in [1.54, 1.807) is 6.92 Å². The Balaban J connectivity index is 2.29. The van der Waals surface area contributed by atoms with Crippen LogP contribution < -0.4 is 15.6 Å². The van der Waals surface area contributed by atoms with Gasteiger partial charge in [-0.15, -0.1) is 0 Å². The second-order valence-electron chi connectivity index (χ2n) is 8.66. The van der Waals surface area contributed by atoms with Crippen molar-refractivity contribution in [2.75, 3.05) is 0 Å². The summed E-state index contributed by atoms with van der Waals surface area (Å²) in [5.41, 5.74) is -0.164. The number of benzene rings is 3. The van der Waals surface area contributed by atoms with Gasteiger partial charge < -0.3 is 4.43 Å². The Morgan fingerprint density at radius 3 is 1.38 bits per heavy atom. The van der Waals surface area contributed by atoms with Gasteiger partial charge in [0.2, 0.25) is 0 Å². The molecular formula is C26H30O2Si. The lowest BCUT2D eigenvalue weighted by Crippen LogP contribution is -2.71. The van der Waals surface area contributed by atoms with Crippen molar-refractivity contribution in [3.8, 4) is 0 Å². The number of ketones is 1. The molecule has 3 heteroatoms. The van der Waals surface area contributed by atoms with Crippen LogP contribution in [0.2, 0.25) is 0 Å². The van der Waals surface area contributed by atoms with E-state index in [0.29, 0.717) is 6.42 Å². The Labute approximate surface area is 175 Å². The molecule has 0 aliphatic carbocycles. The van der Waals surface area contributed by atoms with Crippen molar-refractivity contribution in [1.82, 2.24) is 0 Å². The van der Waals surface area contributed by atoms with Crippen LogP contribution in [-0.4, -0.2) is 20.2 Å². The molecular weight excluding hydrogens is 372 g/mol. The molecule has 0 aliphatic rings. The van der Waals surface area contributed by atoms with Crippen molar-refractivity contribution >= 4 is 29.7 Å². The van der Waals surface area contributed by atoms with E-state index in [2.05, 4.69) is 93.6 Å². The highest BCUT2D eigenvalue weighted by molar-refractivity contribution is 7.07. The molecule has 0 amide bonds. The summed E-state index contributed by atoms with van der Waals surface area (Å²) in [5.74, 6) is 0.155. The maximum absolute atomic E-state index is 12.1. The van der Waals surface area contributed by atoms with Gasteiger partial charge in [0.15, 0.2) is 0 Å². The average Bonchev–Trinajstić information content (AvgIpc) is 2.72. The molecule has 29 heavy (non-hydrogen) atoms. The lowest BCUT2D eigenvalue weighted by atomic mass is 9.86. The SMILES string of the molecule is CC(=O)C[C@@H](O[Si](c1ccccc1)(c1ccccc1)c1ccccc1)C(C)(C)C. The molecule has 0 fully saturated rings. The van der Waals surface area contributed by atoms with Crippen molar-refractivity contribution in [3.63, 3.8) is 0 Å². The largest absolute Gasteiger partial charge is 0.400 e. The van der Waals surface area contributed by atoms with Crippen LogP contribution in [0.1, 0.15) is 34.1 Å². The van der Waals surface area contributed by atoms with E-state index in [1.165, 1.54) is 15.6 Å². The van der Waals surface area contributed by atoms with Crippen molar-refractivity contribution in [1.29, 1.82) is 0 Å². The van der Waals surface area contributed by atoms with Gasteiger partial charge in [-0.2, -0.15) is 0 Å². The zero-order chi connectivity index (χ0) is 20.9. The lowest BCUT2D eigenvalue weighted by Gasteiger charge is -2.41. The molecule has 0 bridgehead atoms. The number of carbonyl (C=O) groups excluding carboxylic acids is 1. The van der Waals surface area contributed by atoms with Crippen LogP contribution in [0.15, 0.2) is 91.0 Å². The fourth-order valence-corrected chi connectivity index (χ4v) is 7.98. The van der Waals surface area contributed by atoms with Gasteiger partial charge in [0, 0.05) is 6.42 Å². The zero-order valence-corrected chi connectivity index (χ0v) is 18.8. The first-order valence-corrected chi connectivity index (χ1v) is 12.1. The smallest absolute Gasteiger partial charge is 0.288 e. The topological polar surface area (TPSA) is 26.3 Å². The van der Waals surface area contributed by atoms with E-state index in [4.69, 9.17) is 4.43 Å². The number of rotatable bonds is 7. The van der Waals surface area contributed by atoms with Crippen LogP contribution in [-0.2, 0) is 9.22 Å². The summed E-state index contributed by atoms with van der Waals surface area (Å²) in [6, 6.07) is 31.5. The normalized spacial score (nSPS) is 13.1. The minimum atomic E-state index is -2.82. The zero-order valence-electron chi connectivity index (χ0n) is 17.8. The maximum atomic E-state index is 12.1. The third kappa shape index (κ3) is 4.74. The van der Waals surface area contributed by atoms with Crippen LogP contribution in [0.3, 0.4) is 0 Å². The molecule has 2 nitrogen and oxygen atoms in total. The van der Waals surface area contributed by atoms with E-state index in [0.717, 1.165) is 0 Å². The van der Waals surface area contributed by atoms with E-state index in [1.807, 2.05) is 18.2 Å². The summed E-state index contributed by atoms with van der Waals surface area (Å²) in [4.78, 5) is 12.1. The second kappa shape index (κ2) is 8.89. The molecule has 0 aromatic heterocycles. The van der Waals surface area contributed by atoms with Gasteiger partial charge in [-0.3, -0.25) is 4.79 Å². The molecule has 1 atom stereocenters. The Morgan fingerprint density at radius 1 is 0.759 bits per heavy atom. The molecule has 0 aliphatic heterocycles. The average molecular weight is 403 g/mol. The summed E-state index contributed by atoms with van der Waals surface area (Å²) in [7, 11) is -2.82. The summed E-state index contributed by atoms with van der Waals surface area (Å²) in [6.07, 6.45) is 0.220. The first-order valence-electron chi connectivity index (χ1n) is 10.2. The van der Waals surface area contributed by atoms with E-state index >= 15 is 0 Å². The minimum absolute atomic E-state index is 0.155. The van der Waals surface area contributed by atoms with Gasteiger partial charge in [0.25, 0.3) is 8.32 Å².